The molecule has 1 aliphatic heterocycles. The van der Waals surface area contributed by atoms with E-state index in [-0.39, 0.29) is 5.69 Å². The lowest BCUT2D eigenvalue weighted by molar-refractivity contribution is -0.384. The van der Waals surface area contributed by atoms with Crippen LogP contribution >= 0.6 is 0 Å². The number of rotatable bonds is 5. The molecule has 5 heteroatoms. The molecule has 0 aromatic heterocycles. The molecule has 0 aliphatic carbocycles. The molecule has 0 radical (unpaired) electrons. The normalized spacial score (nSPS) is 17.8. The van der Waals surface area contributed by atoms with Crippen molar-refractivity contribution in [3.8, 4) is 5.75 Å². The molecular formula is C14H18N2O3. The molecule has 1 aromatic rings. The van der Waals surface area contributed by atoms with Crippen molar-refractivity contribution in [1.29, 1.82) is 0 Å². The summed E-state index contributed by atoms with van der Waals surface area (Å²) < 4.78 is 5.24. The Morgan fingerprint density at radius 2 is 2.32 bits per heavy atom. The highest BCUT2D eigenvalue weighted by molar-refractivity contribution is 5.44. The van der Waals surface area contributed by atoms with Crippen LogP contribution in [0, 0.1) is 10.1 Å². The Morgan fingerprint density at radius 1 is 1.53 bits per heavy atom. The first-order chi connectivity index (χ1) is 9.11. The standard InChI is InChI=1S/C14H18N2O3/c1-15-9-3-4-12(15)7-5-11-6-8-13(16(17)18)10-14(11)19-2/h3,6,8-10,12H,4-5,7H2,1-2H3. The number of hydrogen-bond donors (Lipinski definition) is 0. The number of benzene rings is 1. The molecule has 1 aliphatic rings. The fourth-order valence-electron chi connectivity index (χ4n) is 2.37. The van der Waals surface area contributed by atoms with Crippen LogP contribution in [0.3, 0.4) is 0 Å². The van der Waals surface area contributed by atoms with Crippen LogP contribution < -0.4 is 4.74 Å². The van der Waals surface area contributed by atoms with Crippen molar-refractivity contribution in [2.45, 2.75) is 25.3 Å². The zero-order valence-electron chi connectivity index (χ0n) is 11.2. The van der Waals surface area contributed by atoms with Gasteiger partial charge < -0.3 is 9.64 Å². The van der Waals surface area contributed by atoms with Crippen LogP contribution in [-0.2, 0) is 6.42 Å². The Morgan fingerprint density at radius 3 is 2.89 bits per heavy atom. The summed E-state index contributed by atoms with van der Waals surface area (Å²) >= 11 is 0. The second kappa shape index (κ2) is 5.73. The van der Waals surface area contributed by atoms with Gasteiger partial charge >= 0.3 is 0 Å². The Labute approximate surface area is 112 Å². The Bertz CT molecular complexity index is 499. The molecule has 102 valence electrons. The molecule has 0 saturated heterocycles. The predicted octanol–water partition coefficient (Wildman–Crippen LogP) is 2.75. The quantitative estimate of drug-likeness (QED) is 0.604. The first-order valence-corrected chi connectivity index (χ1v) is 6.31. The number of hydrogen-bond acceptors (Lipinski definition) is 4. The van der Waals surface area contributed by atoms with Gasteiger partial charge in [0.25, 0.3) is 5.69 Å². The maximum absolute atomic E-state index is 10.7. The summed E-state index contributed by atoms with van der Waals surface area (Å²) in [6.45, 7) is 0. The van der Waals surface area contributed by atoms with Crippen LogP contribution in [-0.4, -0.2) is 30.0 Å². The maximum Gasteiger partial charge on any atom is 0.273 e. The number of nitrogens with zero attached hydrogens (tertiary/aromatic N) is 2. The first kappa shape index (κ1) is 13.4. The number of aryl methyl sites for hydroxylation is 1. The van der Waals surface area contributed by atoms with Crippen LogP contribution in [0.2, 0.25) is 0 Å². The minimum Gasteiger partial charge on any atom is -0.496 e. The molecular weight excluding hydrogens is 244 g/mol. The third kappa shape index (κ3) is 3.05. The zero-order chi connectivity index (χ0) is 13.8. The molecule has 19 heavy (non-hydrogen) atoms. The molecule has 2 rings (SSSR count). The Hall–Kier alpha value is -2.04. The van der Waals surface area contributed by atoms with Crippen LogP contribution in [0.1, 0.15) is 18.4 Å². The molecule has 0 N–H and O–H groups in total. The molecule has 0 spiro atoms. The maximum atomic E-state index is 10.7. The van der Waals surface area contributed by atoms with E-state index in [1.165, 1.54) is 12.1 Å². The topological polar surface area (TPSA) is 55.6 Å². The molecule has 1 atom stereocenters. The van der Waals surface area contributed by atoms with Gasteiger partial charge in [-0.3, -0.25) is 10.1 Å². The average molecular weight is 262 g/mol. The van der Waals surface area contributed by atoms with Gasteiger partial charge in [0.05, 0.1) is 18.1 Å². The zero-order valence-corrected chi connectivity index (χ0v) is 11.2. The number of nitro groups is 1. The number of methoxy groups -OCH3 is 1. The van der Waals surface area contributed by atoms with E-state index in [4.69, 9.17) is 4.74 Å². The summed E-state index contributed by atoms with van der Waals surface area (Å²) in [5.74, 6) is 0.600. The molecule has 1 aromatic carbocycles. The van der Waals surface area contributed by atoms with E-state index in [0.29, 0.717) is 11.8 Å². The van der Waals surface area contributed by atoms with Crippen molar-refractivity contribution >= 4 is 5.69 Å². The lowest BCUT2D eigenvalue weighted by atomic mass is 10.0. The van der Waals surface area contributed by atoms with E-state index < -0.39 is 4.92 Å². The number of nitro benzene ring substituents is 1. The molecule has 5 nitrogen and oxygen atoms in total. The summed E-state index contributed by atoms with van der Waals surface area (Å²) in [6.07, 6.45) is 7.19. The van der Waals surface area contributed by atoms with E-state index >= 15 is 0 Å². The van der Waals surface area contributed by atoms with Gasteiger partial charge in [-0.25, -0.2) is 0 Å². The summed E-state index contributed by atoms with van der Waals surface area (Å²) in [4.78, 5) is 12.5. The highest BCUT2D eigenvalue weighted by Crippen LogP contribution is 2.27. The molecule has 0 fully saturated rings. The monoisotopic (exact) mass is 262 g/mol. The van der Waals surface area contributed by atoms with Gasteiger partial charge in [-0.2, -0.15) is 0 Å². The summed E-state index contributed by atoms with van der Waals surface area (Å²) in [6, 6.07) is 5.33. The van der Waals surface area contributed by atoms with E-state index in [9.17, 15) is 10.1 Å². The first-order valence-electron chi connectivity index (χ1n) is 6.31. The van der Waals surface area contributed by atoms with Crippen molar-refractivity contribution in [3.63, 3.8) is 0 Å². The second-order valence-corrected chi connectivity index (χ2v) is 4.73. The van der Waals surface area contributed by atoms with Gasteiger partial charge in [0.15, 0.2) is 0 Å². The third-order valence-corrected chi connectivity index (χ3v) is 3.55. The minimum absolute atomic E-state index is 0.0697. The number of non-ortho nitro benzene ring substituents is 1. The molecule has 1 unspecified atom stereocenters. The highest BCUT2D eigenvalue weighted by Gasteiger charge is 2.17. The molecule has 0 saturated carbocycles. The summed E-state index contributed by atoms with van der Waals surface area (Å²) in [7, 11) is 3.62. The van der Waals surface area contributed by atoms with Gasteiger partial charge in [0, 0.05) is 19.2 Å². The minimum atomic E-state index is -0.402. The van der Waals surface area contributed by atoms with Crippen LogP contribution in [0.25, 0.3) is 0 Å². The molecule has 0 amide bonds. The Kier molecular flexibility index (Phi) is 4.04. The van der Waals surface area contributed by atoms with Gasteiger partial charge in [0.2, 0.25) is 0 Å². The molecule has 0 bridgehead atoms. The van der Waals surface area contributed by atoms with Crippen molar-refractivity contribution < 1.29 is 9.66 Å². The van der Waals surface area contributed by atoms with Crippen molar-refractivity contribution in [3.05, 3.63) is 46.2 Å². The van der Waals surface area contributed by atoms with E-state index in [1.807, 2.05) is 0 Å². The summed E-state index contributed by atoms with van der Waals surface area (Å²) in [5.41, 5.74) is 1.09. The van der Waals surface area contributed by atoms with Crippen molar-refractivity contribution in [2.75, 3.05) is 14.2 Å². The van der Waals surface area contributed by atoms with Gasteiger partial charge in [-0.05, 0) is 37.1 Å². The van der Waals surface area contributed by atoms with Crippen LogP contribution in [0.15, 0.2) is 30.5 Å². The van der Waals surface area contributed by atoms with Crippen LogP contribution in [0.5, 0.6) is 5.75 Å². The SMILES string of the molecule is COc1cc([N+](=O)[O-])ccc1CCC1CC=CN1C. The average Bonchev–Trinajstić information content (AvgIpc) is 2.81. The lowest BCUT2D eigenvalue weighted by Gasteiger charge is -2.21. The van der Waals surface area contributed by atoms with Gasteiger partial charge in [-0.15, -0.1) is 0 Å². The highest BCUT2D eigenvalue weighted by atomic mass is 16.6. The van der Waals surface area contributed by atoms with E-state index in [2.05, 4.69) is 24.2 Å². The fraction of sp³-hybridized carbons (Fsp3) is 0.429. The second-order valence-electron chi connectivity index (χ2n) is 4.73. The Balaban J connectivity index is 2.05. The largest absolute Gasteiger partial charge is 0.496 e. The third-order valence-electron chi connectivity index (χ3n) is 3.55. The van der Waals surface area contributed by atoms with E-state index in [1.54, 1.807) is 13.2 Å². The fourth-order valence-corrected chi connectivity index (χ4v) is 2.37. The van der Waals surface area contributed by atoms with Crippen molar-refractivity contribution in [2.24, 2.45) is 0 Å². The predicted molar refractivity (Wildman–Crippen MR) is 73.3 cm³/mol. The number of ether oxygens (including phenoxy) is 1. The van der Waals surface area contributed by atoms with Gasteiger partial charge in [-0.1, -0.05) is 6.08 Å². The molecule has 1 heterocycles. The summed E-state index contributed by atoms with van der Waals surface area (Å²) in [5, 5.41) is 10.7. The van der Waals surface area contributed by atoms with Crippen molar-refractivity contribution in [1.82, 2.24) is 4.90 Å². The lowest BCUT2D eigenvalue weighted by Crippen LogP contribution is -2.22. The van der Waals surface area contributed by atoms with E-state index in [0.717, 1.165) is 24.8 Å². The smallest absolute Gasteiger partial charge is 0.273 e. The van der Waals surface area contributed by atoms with Crippen LogP contribution in [0.4, 0.5) is 5.69 Å². The van der Waals surface area contributed by atoms with Gasteiger partial charge in [0.1, 0.15) is 5.75 Å².